The van der Waals surface area contributed by atoms with E-state index >= 15 is 0 Å². The van der Waals surface area contributed by atoms with Gasteiger partial charge in [0, 0.05) is 10.6 Å². The van der Waals surface area contributed by atoms with Crippen LogP contribution in [0.1, 0.15) is 10.4 Å². The van der Waals surface area contributed by atoms with Crippen molar-refractivity contribution in [2.45, 2.75) is 0 Å². The molecule has 0 saturated carbocycles. The van der Waals surface area contributed by atoms with E-state index < -0.39 is 5.97 Å². The van der Waals surface area contributed by atoms with Gasteiger partial charge in [-0.15, -0.1) is 0 Å². The summed E-state index contributed by atoms with van der Waals surface area (Å²) in [6, 6.07) is 7.54. The van der Waals surface area contributed by atoms with E-state index in [4.69, 9.17) is 39.9 Å². The standard InChI is InChI=1S/C12H6Cl3NO2/c13-6-1-2-7(9(14)5-6)11-8(12(17)18)3-4-10(15)16-11/h1-5H,(H,17,18). The van der Waals surface area contributed by atoms with Crippen molar-refractivity contribution in [3.63, 3.8) is 0 Å². The van der Waals surface area contributed by atoms with E-state index in [9.17, 15) is 4.79 Å². The highest BCUT2D eigenvalue weighted by Gasteiger charge is 2.16. The summed E-state index contributed by atoms with van der Waals surface area (Å²) in [6.45, 7) is 0. The third-order valence-electron chi connectivity index (χ3n) is 2.28. The van der Waals surface area contributed by atoms with Crippen molar-refractivity contribution < 1.29 is 9.90 Å². The highest BCUT2D eigenvalue weighted by atomic mass is 35.5. The van der Waals surface area contributed by atoms with Crippen LogP contribution >= 0.6 is 34.8 Å². The SMILES string of the molecule is O=C(O)c1ccc(Cl)nc1-c1ccc(Cl)cc1Cl. The number of pyridine rings is 1. The Morgan fingerprint density at radius 3 is 2.44 bits per heavy atom. The first-order valence-electron chi connectivity index (χ1n) is 4.84. The predicted octanol–water partition coefficient (Wildman–Crippen LogP) is 4.41. The molecule has 1 aromatic carbocycles. The molecule has 0 aliphatic heterocycles. The third kappa shape index (κ3) is 2.58. The Morgan fingerprint density at radius 2 is 1.83 bits per heavy atom. The number of hydrogen-bond acceptors (Lipinski definition) is 2. The number of hydrogen-bond donors (Lipinski definition) is 1. The van der Waals surface area contributed by atoms with Gasteiger partial charge in [0.1, 0.15) is 5.15 Å². The lowest BCUT2D eigenvalue weighted by molar-refractivity contribution is 0.0697. The summed E-state index contributed by atoms with van der Waals surface area (Å²) >= 11 is 17.6. The topological polar surface area (TPSA) is 50.2 Å². The van der Waals surface area contributed by atoms with Gasteiger partial charge in [-0.1, -0.05) is 34.8 Å². The number of aromatic carboxylic acids is 1. The van der Waals surface area contributed by atoms with Gasteiger partial charge < -0.3 is 5.11 Å². The quantitative estimate of drug-likeness (QED) is 0.836. The second-order valence-electron chi connectivity index (χ2n) is 3.46. The maximum atomic E-state index is 11.1. The van der Waals surface area contributed by atoms with Gasteiger partial charge in [0.2, 0.25) is 0 Å². The van der Waals surface area contributed by atoms with Crippen molar-refractivity contribution in [3.05, 3.63) is 51.1 Å². The number of carbonyl (C=O) groups is 1. The van der Waals surface area contributed by atoms with E-state index in [1.54, 1.807) is 12.1 Å². The molecular weight excluding hydrogens is 296 g/mol. The fourth-order valence-corrected chi connectivity index (χ4v) is 2.14. The Kier molecular flexibility index (Phi) is 3.76. The molecule has 0 fully saturated rings. The number of rotatable bonds is 2. The van der Waals surface area contributed by atoms with Gasteiger partial charge in [-0.2, -0.15) is 0 Å². The van der Waals surface area contributed by atoms with Gasteiger partial charge in [-0.05, 0) is 30.3 Å². The lowest BCUT2D eigenvalue weighted by Gasteiger charge is -2.08. The zero-order valence-electron chi connectivity index (χ0n) is 8.82. The molecule has 18 heavy (non-hydrogen) atoms. The summed E-state index contributed by atoms with van der Waals surface area (Å²) in [7, 11) is 0. The minimum Gasteiger partial charge on any atom is -0.478 e. The van der Waals surface area contributed by atoms with Crippen molar-refractivity contribution in [1.29, 1.82) is 0 Å². The van der Waals surface area contributed by atoms with Crippen LogP contribution in [0.15, 0.2) is 30.3 Å². The molecule has 0 atom stereocenters. The van der Waals surface area contributed by atoms with E-state index in [1.807, 2.05) is 0 Å². The molecule has 1 N–H and O–H groups in total. The van der Waals surface area contributed by atoms with Crippen LogP contribution in [0.5, 0.6) is 0 Å². The summed E-state index contributed by atoms with van der Waals surface area (Å²) < 4.78 is 0. The Bertz CT molecular complexity index is 629. The molecule has 2 rings (SSSR count). The molecule has 0 unspecified atom stereocenters. The van der Waals surface area contributed by atoms with Gasteiger partial charge >= 0.3 is 5.97 Å². The molecule has 1 heterocycles. The molecule has 0 saturated heterocycles. The molecule has 0 aliphatic carbocycles. The first-order chi connectivity index (χ1) is 8.49. The monoisotopic (exact) mass is 301 g/mol. The van der Waals surface area contributed by atoms with E-state index in [-0.39, 0.29) is 16.4 Å². The summed E-state index contributed by atoms with van der Waals surface area (Å²) in [6.07, 6.45) is 0. The summed E-state index contributed by atoms with van der Waals surface area (Å²) in [5.41, 5.74) is 0.723. The van der Waals surface area contributed by atoms with Crippen LogP contribution in [0, 0.1) is 0 Å². The van der Waals surface area contributed by atoms with Crippen LogP contribution in [0.4, 0.5) is 0 Å². The molecule has 6 heteroatoms. The molecule has 0 spiro atoms. The zero-order valence-corrected chi connectivity index (χ0v) is 11.1. The van der Waals surface area contributed by atoms with E-state index in [1.165, 1.54) is 18.2 Å². The molecule has 0 aliphatic rings. The number of carboxylic acid groups (broad SMARTS) is 1. The van der Waals surface area contributed by atoms with Crippen LogP contribution in [0.25, 0.3) is 11.3 Å². The minimum atomic E-state index is -1.10. The lowest BCUT2D eigenvalue weighted by Crippen LogP contribution is -2.02. The first kappa shape index (κ1) is 13.1. The van der Waals surface area contributed by atoms with E-state index in [2.05, 4.69) is 4.98 Å². The van der Waals surface area contributed by atoms with Crippen molar-refractivity contribution >= 4 is 40.8 Å². The van der Waals surface area contributed by atoms with Crippen LogP contribution in [-0.4, -0.2) is 16.1 Å². The Balaban J connectivity index is 2.69. The highest BCUT2D eigenvalue weighted by molar-refractivity contribution is 6.36. The number of nitrogens with zero attached hydrogens (tertiary/aromatic N) is 1. The molecule has 2 aromatic rings. The second-order valence-corrected chi connectivity index (χ2v) is 4.69. The van der Waals surface area contributed by atoms with Crippen LogP contribution in [0.2, 0.25) is 15.2 Å². The third-order valence-corrected chi connectivity index (χ3v) is 3.04. The maximum absolute atomic E-state index is 11.1. The van der Waals surface area contributed by atoms with Gasteiger partial charge in [0.25, 0.3) is 0 Å². The van der Waals surface area contributed by atoms with Crippen molar-refractivity contribution in [3.8, 4) is 11.3 Å². The van der Waals surface area contributed by atoms with Gasteiger partial charge in [-0.3, -0.25) is 0 Å². The van der Waals surface area contributed by atoms with Gasteiger partial charge in [-0.25, -0.2) is 9.78 Å². The van der Waals surface area contributed by atoms with Gasteiger partial charge in [0.05, 0.1) is 16.3 Å². The normalized spacial score (nSPS) is 10.4. The molecule has 3 nitrogen and oxygen atoms in total. The van der Waals surface area contributed by atoms with Crippen LogP contribution in [0.3, 0.4) is 0 Å². The summed E-state index contributed by atoms with van der Waals surface area (Å²) in [4.78, 5) is 15.1. The lowest BCUT2D eigenvalue weighted by atomic mass is 10.1. The van der Waals surface area contributed by atoms with Crippen molar-refractivity contribution in [2.24, 2.45) is 0 Å². The van der Waals surface area contributed by atoms with Crippen molar-refractivity contribution in [1.82, 2.24) is 4.98 Å². The maximum Gasteiger partial charge on any atom is 0.337 e. The zero-order chi connectivity index (χ0) is 13.3. The van der Waals surface area contributed by atoms with Crippen LogP contribution in [-0.2, 0) is 0 Å². The largest absolute Gasteiger partial charge is 0.478 e. The fourth-order valence-electron chi connectivity index (χ4n) is 1.49. The highest BCUT2D eigenvalue weighted by Crippen LogP contribution is 2.32. The molecule has 0 bridgehead atoms. The first-order valence-corrected chi connectivity index (χ1v) is 5.97. The Labute approximate surface area is 118 Å². The summed E-state index contributed by atoms with van der Waals surface area (Å²) in [5, 5.41) is 10.1. The Hall–Kier alpha value is -1.29. The number of carboxylic acids is 1. The molecular formula is C12H6Cl3NO2. The average molecular weight is 303 g/mol. The molecule has 92 valence electrons. The second kappa shape index (κ2) is 5.14. The Morgan fingerprint density at radius 1 is 1.11 bits per heavy atom. The van der Waals surface area contributed by atoms with E-state index in [0.29, 0.717) is 15.6 Å². The summed E-state index contributed by atoms with van der Waals surface area (Å²) in [5.74, 6) is -1.10. The molecule has 1 aromatic heterocycles. The molecule has 0 radical (unpaired) electrons. The minimum absolute atomic E-state index is 0.0311. The van der Waals surface area contributed by atoms with Crippen molar-refractivity contribution in [2.75, 3.05) is 0 Å². The number of halogens is 3. The number of aromatic nitrogens is 1. The predicted molar refractivity (Wildman–Crippen MR) is 71.7 cm³/mol. The van der Waals surface area contributed by atoms with E-state index in [0.717, 1.165) is 0 Å². The van der Waals surface area contributed by atoms with Crippen LogP contribution < -0.4 is 0 Å². The van der Waals surface area contributed by atoms with Gasteiger partial charge in [0.15, 0.2) is 0 Å². The smallest absolute Gasteiger partial charge is 0.337 e. The number of benzene rings is 1. The average Bonchev–Trinajstić information content (AvgIpc) is 2.28. The fraction of sp³-hybridized carbons (Fsp3) is 0. The molecule has 0 amide bonds.